The first-order valence-electron chi connectivity index (χ1n) is 6.64. The Morgan fingerprint density at radius 2 is 1.85 bits per heavy atom. The van der Waals surface area contributed by atoms with Crippen molar-refractivity contribution >= 4 is 26.0 Å². The molecule has 1 aromatic carbocycles. The molecule has 2 aliphatic heterocycles. The van der Waals surface area contributed by atoms with Crippen LogP contribution >= 0.6 is 15.9 Å². The summed E-state index contributed by atoms with van der Waals surface area (Å²) in [5.41, 5.74) is 5.97. The third-order valence-electron chi connectivity index (χ3n) is 4.15. The molecule has 0 radical (unpaired) electrons. The van der Waals surface area contributed by atoms with Crippen LogP contribution in [0.3, 0.4) is 0 Å². The molecule has 2 aliphatic rings. The highest BCUT2D eigenvalue weighted by molar-refractivity contribution is 9.10. The SMILES string of the molecule is NC1CC2CCC(C1)N2S(=O)(=O)c1ccc(F)cc1Br. The Labute approximate surface area is 126 Å². The maximum atomic E-state index is 13.1. The van der Waals surface area contributed by atoms with Crippen molar-refractivity contribution < 1.29 is 12.8 Å². The van der Waals surface area contributed by atoms with E-state index >= 15 is 0 Å². The van der Waals surface area contributed by atoms with Crippen molar-refractivity contribution in [1.29, 1.82) is 0 Å². The number of fused-ring (bicyclic) bond motifs is 2. The highest BCUT2D eigenvalue weighted by Crippen LogP contribution is 2.40. The lowest BCUT2D eigenvalue weighted by atomic mass is 10.0. The van der Waals surface area contributed by atoms with Crippen LogP contribution in [0.15, 0.2) is 27.6 Å². The van der Waals surface area contributed by atoms with E-state index < -0.39 is 15.8 Å². The first-order valence-corrected chi connectivity index (χ1v) is 8.87. The summed E-state index contributed by atoms with van der Waals surface area (Å²) in [5, 5.41) is 0. The molecular weight excluding hydrogens is 347 g/mol. The molecule has 2 N–H and O–H groups in total. The lowest BCUT2D eigenvalue weighted by molar-refractivity contribution is 0.227. The average Bonchev–Trinajstić information content (AvgIpc) is 2.62. The van der Waals surface area contributed by atoms with Gasteiger partial charge in [-0.05, 0) is 59.8 Å². The number of benzene rings is 1. The summed E-state index contributed by atoms with van der Waals surface area (Å²) in [4.78, 5) is 0.131. The summed E-state index contributed by atoms with van der Waals surface area (Å²) in [6.45, 7) is 0. The Bertz CT molecular complexity index is 623. The third-order valence-corrected chi connectivity index (χ3v) is 7.13. The van der Waals surface area contributed by atoms with Crippen molar-refractivity contribution in [2.24, 2.45) is 5.73 Å². The second kappa shape index (κ2) is 5.05. The van der Waals surface area contributed by atoms with Crippen LogP contribution in [0.4, 0.5) is 4.39 Å². The zero-order chi connectivity index (χ0) is 14.5. The Balaban J connectivity index is 2.01. The maximum absolute atomic E-state index is 13.1. The second-order valence-corrected chi connectivity index (χ2v) is 8.19. The van der Waals surface area contributed by atoms with E-state index in [4.69, 9.17) is 5.73 Å². The van der Waals surface area contributed by atoms with Crippen LogP contribution in [-0.2, 0) is 10.0 Å². The first-order chi connectivity index (χ1) is 9.39. The summed E-state index contributed by atoms with van der Waals surface area (Å²) in [6, 6.07) is 3.72. The quantitative estimate of drug-likeness (QED) is 0.877. The number of rotatable bonds is 2. The molecule has 110 valence electrons. The van der Waals surface area contributed by atoms with Crippen molar-refractivity contribution in [3.8, 4) is 0 Å². The number of nitrogens with two attached hydrogens (primary N) is 1. The summed E-state index contributed by atoms with van der Waals surface area (Å²) in [7, 11) is -3.60. The molecule has 2 saturated heterocycles. The Hall–Kier alpha value is -0.500. The van der Waals surface area contributed by atoms with Gasteiger partial charge in [-0.25, -0.2) is 12.8 Å². The molecular formula is C13H16BrFN2O2S. The fourth-order valence-corrected chi connectivity index (χ4v) is 6.27. The van der Waals surface area contributed by atoms with Gasteiger partial charge in [0.2, 0.25) is 10.0 Å². The highest BCUT2D eigenvalue weighted by atomic mass is 79.9. The minimum Gasteiger partial charge on any atom is -0.328 e. The Morgan fingerprint density at radius 3 is 2.40 bits per heavy atom. The molecule has 7 heteroatoms. The second-order valence-electron chi connectivity index (χ2n) is 5.53. The Morgan fingerprint density at radius 1 is 1.25 bits per heavy atom. The normalized spacial score (nSPS) is 30.6. The van der Waals surface area contributed by atoms with Gasteiger partial charge in [0, 0.05) is 22.6 Å². The van der Waals surface area contributed by atoms with Gasteiger partial charge < -0.3 is 5.73 Å². The van der Waals surface area contributed by atoms with Gasteiger partial charge in [0.05, 0.1) is 4.90 Å². The van der Waals surface area contributed by atoms with Crippen LogP contribution in [0.5, 0.6) is 0 Å². The zero-order valence-electron chi connectivity index (χ0n) is 10.8. The zero-order valence-corrected chi connectivity index (χ0v) is 13.2. The van der Waals surface area contributed by atoms with Crippen molar-refractivity contribution in [1.82, 2.24) is 4.31 Å². The monoisotopic (exact) mass is 362 g/mol. The number of piperidine rings is 1. The van der Waals surface area contributed by atoms with Gasteiger partial charge in [0.1, 0.15) is 5.82 Å². The fourth-order valence-electron chi connectivity index (χ4n) is 3.37. The third kappa shape index (κ3) is 2.30. The molecule has 2 heterocycles. The van der Waals surface area contributed by atoms with Gasteiger partial charge >= 0.3 is 0 Å². The predicted molar refractivity (Wildman–Crippen MR) is 77.1 cm³/mol. The molecule has 0 aromatic heterocycles. The minimum atomic E-state index is -3.60. The van der Waals surface area contributed by atoms with Crippen molar-refractivity contribution in [3.63, 3.8) is 0 Å². The van der Waals surface area contributed by atoms with Crippen molar-refractivity contribution in [3.05, 3.63) is 28.5 Å². The molecule has 2 atom stereocenters. The van der Waals surface area contributed by atoms with Gasteiger partial charge in [0.15, 0.2) is 0 Å². The highest BCUT2D eigenvalue weighted by Gasteiger charge is 2.46. The number of sulfonamides is 1. The molecule has 0 saturated carbocycles. The lowest BCUT2D eigenvalue weighted by Gasteiger charge is -2.36. The molecule has 20 heavy (non-hydrogen) atoms. The van der Waals surface area contributed by atoms with E-state index in [-0.39, 0.29) is 27.5 Å². The van der Waals surface area contributed by atoms with E-state index in [0.29, 0.717) is 12.8 Å². The van der Waals surface area contributed by atoms with E-state index in [2.05, 4.69) is 15.9 Å². The van der Waals surface area contributed by atoms with Crippen molar-refractivity contribution in [2.45, 2.75) is 48.7 Å². The largest absolute Gasteiger partial charge is 0.328 e. The molecule has 0 spiro atoms. The molecule has 3 rings (SSSR count). The van der Waals surface area contributed by atoms with Gasteiger partial charge in [-0.2, -0.15) is 4.31 Å². The lowest BCUT2D eigenvalue weighted by Crippen LogP contribution is -2.50. The number of nitrogens with zero attached hydrogens (tertiary/aromatic N) is 1. The standard InChI is InChI=1S/C13H16BrFN2O2S/c14-12-5-8(15)1-4-13(12)20(18,19)17-10-2-3-11(17)7-9(16)6-10/h1,4-5,9-11H,2-3,6-7,16H2. The molecule has 0 amide bonds. The van der Waals surface area contributed by atoms with Crippen molar-refractivity contribution in [2.75, 3.05) is 0 Å². The smallest absolute Gasteiger partial charge is 0.244 e. The van der Waals surface area contributed by atoms with Crippen LogP contribution < -0.4 is 5.73 Å². The molecule has 2 unspecified atom stereocenters. The van der Waals surface area contributed by atoms with E-state index in [0.717, 1.165) is 12.8 Å². The van der Waals surface area contributed by atoms with Gasteiger partial charge in [-0.3, -0.25) is 0 Å². The molecule has 0 aliphatic carbocycles. The van der Waals surface area contributed by atoms with E-state index in [1.54, 1.807) is 4.31 Å². The first kappa shape index (κ1) is 14.4. The number of hydrogen-bond donors (Lipinski definition) is 1. The van der Waals surface area contributed by atoms with E-state index in [9.17, 15) is 12.8 Å². The number of halogens is 2. The van der Waals surface area contributed by atoms with E-state index in [1.807, 2.05) is 0 Å². The minimum absolute atomic E-state index is 0.0225. The average molecular weight is 363 g/mol. The summed E-state index contributed by atoms with van der Waals surface area (Å²) >= 11 is 3.15. The van der Waals surface area contributed by atoms with Crippen LogP contribution in [0.25, 0.3) is 0 Å². The topological polar surface area (TPSA) is 63.4 Å². The van der Waals surface area contributed by atoms with Gasteiger partial charge in [-0.1, -0.05) is 0 Å². The van der Waals surface area contributed by atoms with Crippen LogP contribution in [0.2, 0.25) is 0 Å². The van der Waals surface area contributed by atoms with E-state index in [1.165, 1.54) is 18.2 Å². The molecule has 2 fully saturated rings. The Kier molecular flexibility index (Phi) is 3.64. The van der Waals surface area contributed by atoms with Gasteiger partial charge in [-0.15, -0.1) is 0 Å². The maximum Gasteiger partial charge on any atom is 0.244 e. The summed E-state index contributed by atoms with van der Waals surface area (Å²) < 4.78 is 40.6. The summed E-state index contributed by atoms with van der Waals surface area (Å²) in [6.07, 6.45) is 3.12. The predicted octanol–water partition coefficient (Wildman–Crippen LogP) is 2.23. The van der Waals surface area contributed by atoms with Crippen LogP contribution in [0.1, 0.15) is 25.7 Å². The fraction of sp³-hybridized carbons (Fsp3) is 0.538. The molecule has 1 aromatic rings. The van der Waals surface area contributed by atoms with Crippen LogP contribution in [0, 0.1) is 5.82 Å². The summed E-state index contributed by atoms with van der Waals surface area (Å²) in [5.74, 6) is -0.459. The molecule has 4 nitrogen and oxygen atoms in total. The molecule has 2 bridgehead atoms. The van der Waals surface area contributed by atoms with Crippen LogP contribution in [-0.4, -0.2) is 30.8 Å². The number of hydrogen-bond acceptors (Lipinski definition) is 3. The van der Waals surface area contributed by atoms with Gasteiger partial charge in [0.25, 0.3) is 0 Å².